The summed E-state index contributed by atoms with van der Waals surface area (Å²) in [5, 5.41) is 7.48. The molecule has 0 saturated heterocycles. The summed E-state index contributed by atoms with van der Waals surface area (Å²) in [7, 11) is 1.69. The second-order valence-corrected chi connectivity index (χ2v) is 9.19. The standard InChI is InChI=1S/C25H20Cl2N4O3S/c1-31-19-8-7-15(26)11-17(19)22(16-4-2-3-5-18(16)27)29-23(24(31)32)30-25(35)28-12-14-6-9-20-21(10-14)34-13-33-20/h2-11,23H,12-13H2,1H3,(H2,28,30,35). The molecule has 2 aliphatic heterocycles. The fourth-order valence-corrected chi connectivity index (χ4v) is 4.50. The molecule has 0 aliphatic carbocycles. The van der Waals surface area contributed by atoms with Crippen LogP contribution in [-0.4, -0.2) is 36.7 Å². The lowest BCUT2D eigenvalue weighted by Gasteiger charge is -2.22. The molecule has 3 aromatic carbocycles. The van der Waals surface area contributed by atoms with E-state index in [-0.39, 0.29) is 17.8 Å². The summed E-state index contributed by atoms with van der Waals surface area (Å²) in [6, 6.07) is 18.3. The normalized spacial score (nSPS) is 16.3. The summed E-state index contributed by atoms with van der Waals surface area (Å²) >= 11 is 18.3. The summed E-state index contributed by atoms with van der Waals surface area (Å²) in [5.74, 6) is 1.12. The monoisotopic (exact) mass is 526 g/mol. The molecule has 10 heteroatoms. The molecule has 0 fully saturated rings. The number of hydrogen-bond donors (Lipinski definition) is 2. The van der Waals surface area contributed by atoms with E-state index in [9.17, 15) is 4.79 Å². The van der Waals surface area contributed by atoms with Crippen molar-refractivity contribution in [1.82, 2.24) is 10.6 Å². The largest absolute Gasteiger partial charge is 0.454 e. The average molecular weight is 527 g/mol. The van der Waals surface area contributed by atoms with E-state index in [1.165, 1.54) is 4.90 Å². The first-order valence-corrected chi connectivity index (χ1v) is 11.9. The minimum Gasteiger partial charge on any atom is -0.454 e. The van der Waals surface area contributed by atoms with Crippen LogP contribution >= 0.6 is 35.4 Å². The van der Waals surface area contributed by atoms with Crippen LogP contribution in [0.1, 0.15) is 16.7 Å². The number of carbonyl (C=O) groups excluding carboxylic acids is 1. The lowest BCUT2D eigenvalue weighted by molar-refractivity contribution is -0.119. The maximum Gasteiger partial charge on any atom is 0.272 e. The van der Waals surface area contributed by atoms with Gasteiger partial charge in [-0.3, -0.25) is 4.79 Å². The predicted molar refractivity (Wildman–Crippen MR) is 141 cm³/mol. The fourth-order valence-electron chi connectivity index (χ4n) is 3.92. The molecule has 3 aromatic rings. The van der Waals surface area contributed by atoms with Crippen LogP contribution in [0.15, 0.2) is 65.7 Å². The number of nitrogens with one attached hydrogen (secondary N) is 2. The average Bonchev–Trinajstić information content (AvgIpc) is 3.29. The van der Waals surface area contributed by atoms with E-state index < -0.39 is 6.17 Å². The number of carbonyl (C=O) groups is 1. The van der Waals surface area contributed by atoms with Crippen molar-refractivity contribution in [2.75, 3.05) is 18.7 Å². The van der Waals surface area contributed by atoms with Gasteiger partial charge >= 0.3 is 0 Å². The van der Waals surface area contributed by atoms with E-state index in [1.807, 2.05) is 36.4 Å². The number of benzodiazepines with no additional fused rings is 1. The highest BCUT2D eigenvalue weighted by atomic mass is 35.5. The molecule has 2 heterocycles. The number of nitrogens with zero attached hydrogens (tertiary/aromatic N) is 2. The van der Waals surface area contributed by atoms with Gasteiger partial charge in [-0.15, -0.1) is 0 Å². The molecule has 0 spiro atoms. The Morgan fingerprint density at radius 2 is 1.89 bits per heavy atom. The van der Waals surface area contributed by atoms with Crippen LogP contribution < -0.4 is 25.0 Å². The van der Waals surface area contributed by atoms with Crippen molar-refractivity contribution in [3.63, 3.8) is 0 Å². The molecule has 35 heavy (non-hydrogen) atoms. The Hall–Kier alpha value is -3.33. The minimum absolute atomic E-state index is 0.211. The van der Waals surface area contributed by atoms with Gasteiger partial charge in [-0.25, -0.2) is 4.99 Å². The van der Waals surface area contributed by atoms with E-state index in [1.54, 1.807) is 31.3 Å². The highest BCUT2D eigenvalue weighted by Gasteiger charge is 2.31. The Balaban J connectivity index is 1.42. The molecular formula is C25H20Cl2N4O3S. The van der Waals surface area contributed by atoms with Gasteiger partial charge in [-0.2, -0.15) is 0 Å². The van der Waals surface area contributed by atoms with E-state index in [2.05, 4.69) is 10.6 Å². The molecule has 2 aliphatic rings. The molecule has 0 radical (unpaired) electrons. The zero-order valence-electron chi connectivity index (χ0n) is 18.5. The quantitative estimate of drug-likeness (QED) is 0.486. The van der Waals surface area contributed by atoms with Crippen molar-refractivity contribution in [2.45, 2.75) is 12.7 Å². The molecule has 5 rings (SSSR count). The number of thiocarbonyl (C=S) groups is 1. The van der Waals surface area contributed by atoms with Gasteiger partial charge in [0.25, 0.3) is 5.91 Å². The van der Waals surface area contributed by atoms with Crippen molar-refractivity contribution in [2.24, 2.45) is 4.99 Å². The van der Waals surface area contributed by atoms with E-state index in [4.69, 9.17) is 49.9 Å². The van der Waals surface area contributed by atoms with Gasteiger partial charge in [0.05, 0.1) is 11.4 Å². The van der Waals surface area contributed by atoms with Crippen LogP contribution in [0, 0.1) is 0 Å². The third-order valence-electron chi connectivity index (χ3n) is 5.68. The van der Waals surface area contributed by atoms with E-state index >= 15 is 0 Å². The molecule has 0 bridgehead atoms. The molecule has 1 amide bonds. The first kappa shape index (κ1) is 23.4. The Morgan fingerprint density at radius 3 is 2.71 bits per heavy atom. The van der Waals surface area contributed by atoms with Gasteiger partial charge in [0.15, 0.2) is 16.6 Å². The third kappa shape index (κ3) is 4.77. The number of benzene rings is 3. The highest BCUT2D eigenvalue weighted by molar-refractivity contribution is 7.80. The van der Waals surface area contributed by atoms with Gasteiger partial charge in [0, 0.05) is 34.8 Å². The Morgan fingerprint density at radius 1 is 1.09 bits per heavy atom. The summed E-state index contributed by atoms with van der Waals surface area (Å²) in [4.78, 5) is 19.7. The number of halogens is 2. The molecule has 1 unspecified atom stereocenters. The predicted octanol–water partition coefficient (Wildman–Crippen LogP) is 4.53. The second-order valence-electron chi connectivity index (χ2n) is 7.93. The number of anilines is 1. The summed E-state index contributed by atoms with van der Waals surface area (Å²) in [6.45, 7) is 0.638. The van der Waals surface area contributed by atoms with Gasteiger partial charge in [0.1, 0.15) is 0 Å². The number of fused-ring (bicyclic) bond motifs is 2. The molecule has 7 nitrogen and oxygen atoms in total. The third-order valence-corrected chi connectivity index (χ3v) is 6.51. The Bertz CT molecular complexity index is 1360. The molecule has 2 N–H and O–H groups in total. The summed E-state index contributed by atoms with van der Waals surface area (Å²) in [6.07, 6.45) is -0.978. The topological polar surface area (TPSA) is 75.2 Å². The Kier molecular flexibility index (Phi) is 6.51. The zero-order chi connectivity index (χ0) is 24.5. The fraction of sp³-hybridized carbons (Fsp3) is 0.160. The smallest absolute Gasteiger partial charge is 0.272 e. The van der Waals surface area contributed by atoms with Crippen LogP contribution in [0.5, 0.6) is 11.5 Å². The van der Waals surface area contributed by atoms with Crippen molar-refractivity contribution in [3.05, 3.63) is 87.4 Å². The van der Waals surface area contributed by atoms with Crippen molar-refractivity contribution in [1.29, 1.82) is 0 Å². The van der Waals surface area contributed by atoms with Gasteiger partial charge in [-0.1, -0.05) is 47.5 Å². The first-order valence-electron chi connectivity index (χ1n) is 10.7. The van der Waals surface area contributed by atoms with Crippen LogP contribution in [0.2, 0.25) is 10.0 Å². The Labute approximate surface area is 217 Å². The van der Waals surface area contributed by atoms with E-state index in [0.29, 0.717) is 50.6 Å². The molecule has 1 atom stereocenters. The summed E-state index contributed by atoms with van der Waals surface area (Å²) < 4.78 is 10.8. The molecule has 178 valence electrons. The maximum absolute atomic E-state index is 13.4. The van der Waals surface area contributed by atoms with Crippen LogP contribution in [0.25, 0.3) is 0 Å². The first-order chi connectivity index (χ1) is 16.9. The SMILES string of the molecule is CN1C(=O)C(NC(=S)NCc2ccc3c(c2)OCO3)N=C(c2ccccc2Cl)c2cc(Cl)ccc21. The van der Waals surface area contributed by atoms with E-state index in [0.717, 1.165) is 5.56 Å². The summed E-state index contributed by atoms with van der Waals surface area (Å²) in [5.41, 5.74) is 3.55. The molecule has 0 saturated carbocycles. The van der Waals surface area contributed by atoms with Crippen LogP contribution in [0.4, 0.5) is 5.69 Å². The number of hydrogen-bond acceptors (Lipinski definition) is 5. The van der Waals surface area contributed by atoms with Gasteiger partial charge in [0.2, 0.25) is 13.0 Å². The number of amides is 1. The number of likely N-dealkylation sites (N-methyl/N-ethyl adjacent to an activating group) is 1. The number of rotatable bonds is 4. The maximum atomic E-state index is 13.4. The lowest BCUT2D eigenvalue weighted by Crippen LogP contribution is -2.49. The lowest BCUT2D eigenvalue weighted by atomic mass is 10.00. The number of aliphatic imine (C=N–C) groups is 1. The van der Waals surface area contributed by atoms with Crippen LogP contribution in [0.3, 0.4) is 0 Å². The van der Waals surface area contributed by atoms with Crippen molar-refractivity contribution >= 4 is 57.8 Å². The minimum atomic E-state index is -0.978. The zero-order valence-corrected chi connectivity index (χ0v) is 20.9. The van der Waals surface area contributed by atoms with Gasteiger partial charge in [-0.05, 0) is 54.2 Å². The second kappa shape index (κ2) is 9.73. The van der Waals surface area contributed by atoms with Gasteiger partial charge < -0.3 is 25.0 Å². The van der Waals surface area contributed by atoms with Crippen LogP contribution in [-0.2, 0) is 11.3 Å². The van der Waals surface area contributed by atoms with Crippen molar-refractivity contribution < 1.29 is 14.3 Å². The number of ether oxygens (including phenoxy) is 2. The highest BCUT2D eigenvalue weighted by Crippen LogP contribution is 2.33. The van der Waals surface area contributed by atoms with Crippen molar-refractivity contribution in [3.8, 4) is 11.5 Å². The molecular weight excluding hydrogens is 507 g/mol. The molecule has 0 aromatic heterocycles.